The van der Waals surface area contributed by atoms with Gasteiger partial charge in [-0.2, -0.15) is 0 Å². The van der Waals surface area contributed by atoms with Crippen LogP contribution in [0.1, 0.15) is 66.8 Å². The second kappa shape index (κ2) is 14.8. The molecule has 10 heteroatoms. The van der Waals surface area contributed by atoms with E-state index < -0.39 is 18.0 Å². The summed E-state index contributed by atoms with van der Waals surface area (Å²) in [6.45, 7) is 4.18. The van der Waals surface area contributed by atoms with Gasteiger partial charge in [0.05, 0.1) is 38.4 Å². The van der Waals surface area contributed by atoms with Crippen LogP contribution in [0.2, 0.25) is 0 Å². The SMILES string of the molecule is O=C(O)CCC(=O)NCc1ccccc1-c1ccc([C@H]2O[C@@H](CN3CCC4(CC3)OCCO4)C[C@@H](c3ccc(CO)cc3)O2)cc1. The summed E-state index contributed by atoms with van der Waals surface area (Å²) in [6, 6.07) is 23.9. The third-order valence-electron chi connectivity index (χ3n) is 9.06. The number of carbonyl (C=O) groups excluding carboxylic acids is 1. The van der Waals surface area contributed by atoms with E-state index in [1.165, 1.54) is 0 Å². The molecule has 0 bridgehead atoms. The maximum absolute atomic E-state index is 12.1. The normalized spacial score (nSPS) is 22.9. The molecule has 1 amide bonds. The third kappa shape index (κ3) is 8.01. The van der Waals surface area contributed by atoms with E-state index in [0.29, 0.717) is 26.2 Å². The number of hydrogen-bond donors (Lipinski definition) is 3. The summed E-state index contributed by atoms with van der Waals surface area (Å²) in [5.74, 6) is -1.70. The van der Waals surface area contributed by atoms with Crippen molar-refractivity contribution in [2.75, 3.05) is 32.8 Å². The van der Waals surface area contributed by atoms with Gasteiger partial charge in [-0.3, -0.25) is 9.59 Å². The second-order valence-electron chi connectivity index (χ2n) is 12.2. The van der Waals surface area contributed by atoms with Crippen LogP contribution >= 0.6 is 0 Å². The van der Waals surface area contributed by atoms with Gasteiger partial charge in [0.15, 0.2) is 12.1 Å². The van der Waals surface area contributed by atoms with Crippen molar-refractivity contribution in [3.63, 3.8) is 0 Å². The van der Waals surface area contributed by atoms with Gasteiger partial charge in [-0.05, 0) is 27.8 Å². The molecule has 3 fully saturated rings. The average Bonchev–Trinajstić information content (AvgIpc) is 3.55. The van der Waals surface area contributed by atoms with Crippen LogP contribution in [0.25, 0.3) is 11.1 Å². The smallest absolute Gasteiger partial charge is 0.303 e. The molecule has 1 spiro atoms. The second-order valence-corrected chi connectivity index (χ2v) is 12.2. The molecule has 0 aliphatic carbocycles. The zero-order chi connectivity index (χ0) is 31.9. The number of nitrogens with zero attached hydrogens (tertiary/aromatic N) is 1. The van der Waals surface area contributed by atoms with Crippen LogP contribution in [-0.4, -0.2) is 71.7 Å². The van der Waals surface area contributed by atoms with Crippen LogP contribution in [0.3, 0.4) is 0 Å². The number of aliphatic carboxylic acids is 1. The molecule has 0 saturated carbocycles. The first kappa shape index (κ1) is 32.3. The van der Waals surface area contributed by atoms with Gasteiger partial charge in [-0.25, -0.2) is 0 Å². The molecule has 46 heavy (non-hydrogen) atoms. The lowest BCUT2D eigenvalue weighted by molar-refractivity contribution is -0.255. The van der Waals surface area contributed by atoms with Crippen LogP contribution in [-0.2, 0) is 41.7 Å². The number of carboxylic acids is 1. The summed E-state index contributed by atoms with van der Waals surface area (Å²) in [4.78, 5) is 25.4. The van der Waals surface area contributed by atoms with E-state index in [9.17, 15) is 14.7 Å². The summed E-state index contributed by atoms with van der Waals surface area (Å²) in [6.07, 6.45) is 1.39. The fourth-order valence-corrected chi connectivity index (χ4v) is 6.46. The Morgan fingerprint density at radius 2 is 1.57 bits per heavy atom. The molecule has 3 saturated heterocycles. The molecule has 3 atom stereocenters. The van der Waals surface area contributed by atoms with Crippen molar-refractivity contribution in [2.24, 2.45) is 0 Å². The first-order valence-corrected chi connectivity index (χ1v) is 16.1. The van der Waals surface area contributed by atoms with Crippen molar-refractivity contribution in [2.45, 2.75) is 69.5 Å². The minimum absolute atomic E-state index is 0.00336. The lowest BCUT2D eigenvalue weighted by Crippen LogP contribution is -2.48. The van der Waals surface area contributed by atoms with Gasteiger partial charge in [-0.1, -0.05) is 72.8 Å². The van der Waals surface area contributed by atoms with E-state index in [2.05, 4.69) is 10.2 Å². The number of benzene rings is 3. The zero-order valence-electron chi connectivity index (χ0n) is 25.9. The number of ether oxygens (including phenoxy) is 4. The number of carbonyl (C=O) groups is 2. The highest BCUT2D eigenvalue weighted by atomic mass is 16.7. The average molecular weight is 631 g/mol. The molecule has 3 aliphatic heterocycles. The predicted molar refractivity (Wildman–Crippen MR) is 169 cm³/mol. The van der Waals surface area contributed by atoms with E-state index in [4.69, 9.17) is 24.1 Å². The van der Waals surface area contributed by atoms with Gasteiger partial charge in [0.1, 0.15) is 0 Å². The van der Waals surface area contributed by atoms with E-state index >= 15 is 0 Å². The fourth-order valence-electron chi connectivity index (χ4n) is 6.46. The Morgan fingerprint density at radius 1 is 0.870 bits per heavy atom. The Balaban J connectivity index is 1.15. The number of nitrogens with one attached hydrogen (secondary N) is 1. The molecule has 6 rings (SSSR count). The van der Waals surface area contributed by atoms with E-state index in [-0.39, 0.29) is 37.6 Å². The van der Waals surface area contributed by atoms with Gasteiger partial charge in [0.2, 0.25) is 5.91 Å². The third-order valence-corrected chi connectivity index (χ3v) is 9.06. The highest BCUT2D eigenvalue weighted by Gasteiger charge is 2.41. The Kier molecular flexibility index (Phi) is 10.4. The van der Waals surface area contributed by atoms with Gasteiger partial charge in [0.25, 0.3) is 0 Å². The maximum Gasteiger partial charge on any atom is 0.303 e. The number of piperidine rings is 1. The van der Waals surface area contributed by atoms with Gasteiger partial charge >= 0.3 is 5.97 Å². The molecule has 3 heterocycles. The van der Waals surface area contributed by atoms with E-state index in [1.54, 1.807) is 0 Å². The molecule has 3 N–H and O–H groups in total. The quantitative estimate of drug-likeness (QED) is 0.276. The molecule has 3 aromatic carbocycles. The summed E-state index contributed by atoms with van der Waals surface area (Å²) >= 11 is 0. The Bertz CT molecular complexity index is 1460. The lowest BCUT2D eigenvalue weighted by Gasteiger charge is -2.41. The van der Waals surface area contributed by atoms with Crippen molar-refractivity contribution in [3.8, 4) is 11.1 Å². The van der Waals surface area contributed by atoms with E-state index in [0.717, 1.165) is 65.9 Å². The molecule has 0 unspecified atom stereocenters. The molecule has 0 aromatic heterocycles. The number of likely N-dealkylation sites (tertiary alicyclic amines) is 1. The van der Waals surface area contributed by atoms with Crippen LogP contribution in [0.5, 0.6) is 0 Å². The largest absolute Gasteiger partial charge is 0.481 e. The molecule has 3 aromatic rings. The van der Waals surface area contributed by atoms with Crippen molar-refractivity contribution in [1.29, 1.82) is 0 Å². The maximum atomic E-state index is 12.1. The van der Waals surface area contributed by atoms with Crippen LogP contribution in [0.4, 0.5) is 0 Å². The molecular formula is C36H42N2O8. The van der Waals surface area contributed by atoms with E-state index in [1.807, 2.05) is 72.8 Å². The topological polar surface area (TPSA) is 127 Å². The fraction of sp³-hybridized carbons (Fsp3) is 0.444. The summed E-state index contributed by atoms with van der Waals surface area (Å²) in [7, 11) is 0. The number of rotatable bonds is 11. The summed E-state index contributed by atoms with van der Waals surface area (Å²) < 4.78 is 25.0. The number of carboxylic acid groups (broad SMARTS) is 1. The predicted octanol–water partition coefficient (Wildman–Crippen LogP) is 4.71. The Labute approximate surface area is 269 Å². The monoisotopic (exact) mass is 630 g/mol. The number of aliphatic hydroxyl groups excluding tert-OH is 1. The van der Waals surface area contributed by atoms with Crippen molar-refractivity contribution >= 4 is 11.9 Å². The summed E-state index contributed by atoms with van der Waals surface area (Å²) in [5, 5.41) is 21.2. The first-order chi connectivity index (χ1) is 22.4. The van der Waals surface area contributed by atoms with Crippen molar-refractivity contribution < 1.29 is 38.7 Å². The highest BCUT2D eigenvalue weighted by molar-refractivity contribution is 5.80. The number of aliphatic hydroxyl groups is 1. The zero-order valence-corrected chi connectivity index (χ0v) is 25.9. The van der Waals surface area contributed by atoms with Gasteiger partial charge in [-0.15, -0.1) is 0 Å². The minimum Gasteiger partial charge on any atom is -0.481 e. The number of amides is 1. The molecule has 244 valence electrons. The molecular weight excluding hydrogens is 588 g/mol. The Morgan fingerprint density at radius 3 is 2.26 bits per heavy atom. The van der Waals surface area contributed by atoms with Crippen LogP contribution in [0.15, 0.2) is 72.8 Å². The molecule has 0 radical (unpaired) electrons. The highest BCUT2D eigenvalue weighted by Crippen LogP contribution is 2.39. The summed E-state index contributed by atoms with van der Waals surface area (Å²) in [5.41, 5.74) is 5.73. The van der Waals surface area contributed by atoms with Gasteiger partial charge < -0.3 is 39.4 Å². The van der Waals surface area contributed by atoms with Crippen molar-refractivity contribution in [3.05, 3.63) is 95.1 Å². The lowest BCUT2D eigenvalue weighted by atomic mass is 9.97. The standard InChI is InChI=1S/C36H42N2O8/c39-24-25-5-7-27(8-6-25)32-21-30(23-38-17-15-36(16-18-38)43-19-20-44-36)45-35(46-32)28-11-9-26(10-12-28)31-4-2-1-3-29(31)22-37-33(40)13-14-34(41)42/h1-12,30,32,35,39H,13-24H2,(H,37,40)(H,41,42)/t30-,32+,35+/m1/s1. The molecule has 10 nitrogen and oxygen atoms in total. The minimum atomic E-state index is -0.993. The first-order valence-electron chi connectivity index (χ1n) is 16.1. The molecule has 3 aliphatic rings. The Hall–Kier alpha value is -3.64. The van der Waals surface area contributed by atoms with Gasteiger partial charge in [0, 0.05) is 57.4 Å². The van der Waals surface area contributed by atoms with Crippen LogP contribution in [0, 0.1) is 0 Å². The number of hydrogen-bond acceptors (Lipinski definition) is 8. The van der Waals surface area contributed by atoms with Crippen LogP contribution < -0.4 is 5.32 Å². The van der Waals surface area contributed by atoms with Crippen molar-refractivity contribution in [1.82, 2.24) is 10.2 Å².